The van der Waals surface area contributed by atoms with Crippen LogP contribution in [0.5, 0.6) is 0 Å². The van der Waals surface area contributed by atoms with Gasteiger partial charge in [0.05, 0.1) is 0 Å². The largest absolute Gasteiger partial charge is 0.303 e. The molecule has 0 aromatic heterocycles. The Morgan fingerprint density at radius 3 is 2.75 bits per heavy atom. The molecule has 0 radical (unpaired) electrons. The Hall–Kier alpha value is -0.820. The van der Waals surface area contributed by atoms with Crippen LogP contribution in [0, 0.1) is 13.8 Å². The molecule has 88 valence electrons. The second-order valence-electron chi connectivity index (χ2n) is 5.11. The molecule has 1 nitrogen and oxygen atoms in total. The van der Waals surface area contributed by atoms with Crippen molar-refractivity contribution >= 4 is 0 Å². The van der Waals surface area contributed by atoms with Crippen LogP contribution in [-0.2, 0) is 12.8 Å². The Morgan fingerprint density at radius 2 is 2.06 bits per heavy atom. The fourth-order valence-corrected chi connectivity index (χ4v) is 2.77. The highest BCUT2D eigenvalue weighted by molar-refractivity contribution is 5.41. The van der Waals surface area contributed by atoms with Crippen molar-refractivity contribution in [3.8, 4) is 0 Å². The number of fused-ring (bicyclic) bond motifs is 1. The first kappa shape index (κ1) is 11.7. The highest BCUT2D eigenvalue weighted by Gasteiger charge is 2.22. The Balaban J connectivity index is 2.25. The number of nitrogens with zero attached hydrogens (tertiary/aromatic N) is 1. The van der Waals surface area contributed by atoms with Crippen LogP contribution >= 0.6 is 0 Å². The van der Waals surface area contributed by atoms with Crippen molar-refractivity contribution in [1.29, 1.82) is 0 Å². The van der Waals surface area contributed by atoms with Crippen molar-refractivity contribution < 1.29 is 0 Å². The molecular formula is C15H23N. The summed E-state index contributed by atoms with van der Waals surface area (Å²) >= 11 is 0. The summed E-state index contributed by atoms with van der Waals surface area (Å²) in [6, 6.07) is 5.37. The number of hydrogen-bond acceptors (Lipinski definition) is 1. The van der Waals surface area contributed by atoms with Gasteiger partial charge in [0.1, 0.15) is 0 Å². The molecule has 1 atom stereocenters. The van der Waals surface area contributed by atoms with Crippen molar-refractivity contribution in [3.05, 3.63) is 34.4 Å². The zero-order valence-corrected chi connectivity index (χ0v) is 11.0. The van der Waals surface area contributed by atoms with Gasteiger partial charge in [0.25, 0.3) is 0 Å². The summed E-state index contributed by atoms with van der Waals surface area (Å²) in [6.07, 6.45) is 3.82. The smallest absolute Gasteiger partial charge is 0.0136 e. The average molecular weight is 217 g/mol. The second-order valence-corrected chi connectivity index (χ2v) is 5.11. The molecule has 0 bridgehead atoms. The Morgan fingerprint density at radius 1 is 1.31 bits per heavy atom. The van der Waals surface area contributed by atoms with Crippen LogP contribution in [0.25, 0.3) is 0 Å². The van der Waals surface area contributed by atoms with Crippen LogP contribution in [-0.4, -0.2) is 24.5 Å². The SMILES string of the molecule is CCN(C)C1CCc2c(ccc(C)c2C)C1. The fourth-order valence-electron chi connectivity index (χ4n) is 2.77. The van der Waals surface area contributed by atoms with Crippen molar-refractivity contribution in [3.63, 3.8) is 0 Å². The minimum absolute atomic E-state index is 0.750. The Bertz CT molecular complexity index is 381. The van der Waals surface area contributed by atoms with Crippen LogP contribution in [0.1, 0.15) is 35.6 Å². The molecule has 0 aliphatic heterocycles. The summed E-state index contributed by atoms with van der Waals surface area (Å²) in [4.78, 5) is 2.48. The Kier molecular flexibility index (Phi) is 3.34. The van der Waals surface area contributed by atoms with Crippen LogP contribution in [0.4, 0.5) is 0 Å². The van der Waals surface area contributed by atoms with E-state index in [1.807, 2.05) is 0 Å². The third-order valence-corrected chi connectivity index (χ3v) is 4.27. The maximum absolute atomic E-state index is 2.48. The predicted molar refractivity (Wildman–Crippen MR) is 70.0 cm³/mol. The van der Waals surface area contributed by atoms with E-state index in [1.54, 1.807) is 11.1 Å². The molecular weight excluding hydrogens is 194 g/mol. The predicted octanol–water partition coefficient (Wildman–Crippen LogP) is 3.11. The Labute approximate surface area is 99.5 Å². The summed E-state index contributed by atoms with van der Waals surface area (Å²) in [5.41, 5.74) is 6.18. The monoisotopic (exact) mass is 217 g/mol. The molecule has 1 aromatic carbocycles. The summed E-state index contributed by atoms with van der Waals surface area (Å²) in [5.74, 6) is 0. The highest BCUT2D eigenvalue weighted by Crippen LogP contribution is 2.28. The first-order valence-electron chi connectivity index (χ1n) is 6.41. The third-order valence-electron chi connectivity index (χ3n) is 4.27. The summed E-state index contributed by atoms with van der Waals surface area (Å²) in [6.45, 7) is 7.90. The lowest BCUT2D eigenvalue weighted by atomic mass is 9.84. The number of likely N-dealkylation sites (N-methyl/N-ethyl adjacent to an activating group) is 1. The lowest BCUT2D eigenvalue weighted by molar-refractivity contribution is 0.232. The second kappa shape index (κ2) is 4.58. The van der Waals surface area contributed by atoms with E-state index in [9.17, 15) is 0 Å². The minimum atomic E-state index is 0.750. The summed E-state index contributed by atoms with van der Waals surface area (Å²) in [5, 5.41) is 0. The van der Waals surface area contributed by atoms with Gasteiger partial charge in [-0.15, -0.1) is 0 Å². The van der Waals surface area contributed by atoms with Gasteiger partial charge in [-0.1, -0.05) is 19.1 Å². The molecule has 0 spiro atoms. The van der Waals surface area contributed by atoms with E-state index in [-0.39, 0.29) is 0 Å². The van der Waals surface area contributed by atoms with Gasteiger partial charge >= 0.3 is 0 Å². The van der Waals surface area contributed by atoms with Gasteiger partial charge in [0.15, 0.2) is 0 Å². The van der Waals surface area contributed by atoms with Crippen LogP contribution in [0.2, 0.25) is 0 Å². The van der Waals surface area contributed by atoms with Crippen LogP contribution in [0.3, 0.4) is 0 Å². The molecule has 1 heteroatoms. The van der Waals surface area contributed by atoms with E-state index < -0.39 is 0 Å². The van der Waals surface area contributed by atoms with Gasteiger partial charge < -0.3 is 4.90 Å². The van der Waals surface area contributed by atoms with E-state index in [0.29, 0.717) is 0 Å². The zero-order valence-electron chi connectivity index (χ0n) is 11.0. The molecule has 0 heterocycles. The molecule has 0 saturated heterocycles. The van der Waals surface area contributed by atoms with Gasteiger partial charge in [-0.05, 0) is 69.0 Å². The van der Waals surface area contributed by atoms with E-state index in [2.05, 4.69) is 44.9 Å². The number of hydrogen-bond donors (Lipinski definition) is 0. The van der Waals surface area contributed by atoms with Gasteiger partial charge in [-0.2, -0.15) is 0 Å². The van der Waals surface area contributed by atoms with Crippen molar-refractivity contribution in [2.75, 3.05) is 13.6 Å². The highest BCUT2D eigenvalue weighted by atomic mass is 15.1. The topological polar surface area (TPSA) is 3.24 Å². The maximum Gasteiger partial charge on any atom is 0.0136 e. The molecule has 16 heavy (non-hydrogen) atoms. The van der Waals surface area contributed by atoms with Gasteiger partial charge in [-0.25, -0.2) is 0 Å². The van der Waals surface area contributed by atoms with Crippen molar-refractivity contribution in [2.24, 2.45) is 0 Å². The standard InChI is InChI=1S/C15H23N/c1-5-16(4)14-8-9-15-12(3)11(2)6-7-13(15)10-14/h6-7,14H,5,8-10H2,1-4H3. The van der Waals surface area contributed by atoms with E-state index in [4.69, 9.17) is 0 Å². The summed E-state index contributed by atoms with van der Waals surface area (Å²) < 4.78 is 0. The lowest BCUT2D eigenvalue weighted by Crippen LogP contribution is -2.36. The van der Waals surface area contributed by atoms with Crippen LogP contribution in [0.15, 0.2) is 12.1 Å². The normalized spacial score (nSPS) is 19.9. The molecule has 0 amide bonds. The van der Waals surface area contributed by atoms with Gasteiger partial charge in [-0.3, -0.25) is 0 Å². The number of aryl methyl sites for hydroxylation is 1. The van der Waals surface area contributed by atoms with Crippen molar-refractivity contribution in [2.45, 2.75) is 46.1 Å². The quantitative estimate of drug-likeness (QED) is 0.735. The van der Waals surface area contributed by atoms with Crippen LogP contribution < -0.4 is 0 Å². The van der Waals surface area contributed by atoms with E-state index >= 15 is 0 Å². The molecule has 1 aromatic rings. The van der Waals surface area contributed by atoms with Gasteiger partial charge in [0, 0.05) is 6.04 Å². The third kappa shape index (κ3) is 2.01. The molecule has 1 aliphatic carbocycles. The van der Waals surface area contributed by atoms with Crippen molar-refractivity contribution in [1.82, 2.24) is 4.90 Å². The van der Waals surface area contributed by atoms with E-state index in [0.717, 1.165) is 12.6 Å². The maximum atomic E-state index is 2.48. The molecule has 0 saturated carbocycles. The molecule has 2 rings (SSSR count). The van der Waals surface area contributed by atoms with Gasteiger partial charge in [0.2, 0.25) is 0 Å². The molecule has 0 fully saturated rings. The van der Waals surface area contributed by atoms with E-state index in [1.165, 1.54) is 30.4 Å². The summed E-state index contributed by atoms with van der Waals surface area (Å²) in [7, 11) is 2.25. The molecule has 0 N–H and O–H groups in total. The lowest BCUT2D eigenvalue weighted by Gasteiger charge is -2.32. The zero-order chi connectivity index (χ0) is 11.7. The first-order valence-corrected chi connectivity index (χ1v) is 6.41. The fraction of sp³-hybridized carbons (Fsp3) is 0.600. The number of benzene rings is 1. The average Bonchev–Trinajstić information content (AvgIpc) is 2.32. The molecule has 1 unspecified atom stereocenters. The molecule has 1 aliphatic rings. The minimum Gasteiger partial charge on any atom is -0.303 e. The number of rotatable bonds is 2. The first-order chi connectivity index (χ1) is 7.63.